The molecule has 2 fully saturated rings. The lowest BCUT2D eigenvalue weighted by molar-refractivity contribution is -0.149. The highest BCUT2D eigenvalue weighted by Gasteiger charge is 2.32. The molecule has 0 radical (unpaired) electrons. The maximum atomic E-state index is 12.4. The summed E-state index contributed by atoms with van der Waals surface area (Å²) in [5.74, 6) is -0.139. The summed E-state index contributed by atoms with van der Waals surface area (Å²) in [6.07, 6.45) is 1.05. The number of carbonyl (C=O) groups excluding carboxylic acids is 2. The van der Waals surface area contributed by atoms with E-state index in [-0.39, 0.29) is 18.4 Å². The van der Waals surface area contributed by atoms with Gasteiger partial charge < -0.3 is 20.3 Å². The van der Waals surface area contributed by atoms with Crippen molar-refractivity contribution >= 4 is 11.8 Å². The number of morpholine rings is 1. The number of hydrogen-bond acceptors (Lipinski definition) is 5. The van der Waals surface area contributed by atoms with E-state index in [1.165, 1.54) is 0 Å². The van der Waals surface area contributed by atoms with Gasteiger partial charge in [0.1, 0.15) is 6.04 Å². The molecule has 2 saturated heterocycles. The lowest BCUT2D eigenvalue weighted by Gasteiger charge is -2.35. The smallest absolute Gasteiger partial charge is 0.244 e. The lowest BCUT2D eigenvalue weighted by Crippen LogP contribution is -2.57. The van der Waals surface area contributed by atoms with Crippen molar-refractivity contribution in [3.63, 3.8) is 0 Å². The van der Waals surface area contributed by atoms with Crippen LogP contribution in [0.1, 0.15) is 6.42 Å². The van der Waals surface area contributed by atoms with Gasteiger partial charge in [-0.2, -0.15) is 0 Å². The fourth-order valence-electron chi connectivity index (χ4n) is 2.63. The second-order valence-electron chi connectivity index (χ2n) is 5.17. The maximum Gasteiger partial charge on any atom is 0.244 e. The Morgan fingerprint density at radius 1 is 1.30 bits per heavy atom. The van der Waals surface area contributed by atoms with E-state index in [1.807, 2.05) is 0 Å². The van der Waals surface area contributed by atoms with E-state index in [0.29, 0.717) is 19.7 Å². The van der Waals surface area contributed by atoms with Gasteiger partial charge in [-0.15, -0.1) is 0 Å². The number of amides is 2. The van der Waals surface area contributed by atoms with Gasteiger partial charge in [0.15, 0.2) is 0 Å². The topological polar surface area (TPSA) is 73.9 Å². The highest BCUT2D eigenvalue weighted by atomic mass is 16.5. The number of ether oxygens (including phenoxy) is 1. The Bertz CT molecular complexity index is 343. The van der Waals surface area contributed by atoms with Gasteiger partial charge in [0.25, 0.3) is 0 Å². The molecule has 114 valence electrons. The average molecular weight is 284 g/mol. The molecule has 2 aliphatic heterocycles. The van der Waals surface area contributed by atoms with E-state index in [0.717, 1.165) is 32.6 Å². The van der Waals surface area contributed by atoms with Crippen LogP contribution in [0, 0.1) is 0 Å². The Balaban J connectivity index is 1.92. The van der Waals surface area contributed by atoms with E-state index in [4.69, 9.17) is 4.74 Å². The van der Waals surface area contributed by atoms with Gasteiger partial charge in [0.2, 0.25) is 11.8 Å². The summed E-state index contributed by atoms with van der Waals surface area (Å²) in [5.41, 5.74) is 0. The van der Waals surface area contributed by atoms with Gasteiger partial charge in [-0.05, 0) is 19.5 Å². The molecule has 0 aromatic heterocycles. The SMILES string of the molecule is CNC(=O)C1COCCN1C(=O)CN1CCCNCC1. The van der Waals surface area contributed by atoms with Crippen LogP contribution >= 0.6 is 0 Å². The molecule has 0 spiro atoms. The van der Waals surface area contributed by atoms with E-state index in [1.54, 1.807) is 11.9 Å². The normalized spacial score (nSPS) is 25.1. The molecule has 0 aliphatic carbocycles. The Kier molecular flexibility index (Phi) is 5.75. The number of rotatable bonds is 3. The largest absolute Gasteiger partial charge is 0.377 e. The minimum atomic E-state index is -0.494. The summed E-state index contributed by atoms with van der Waals surface area (Å²) in [5, 5.41) is 5.91. The standard InChI is InChI=1S/C13H24N4O3/c1-14-13(19)11-10-20-8-7-17(11)12(18)9-16-5-2-3-15-4-6-16/h11,15H,2-10H2,1H3,(H,14,19). The van der Waals surface area contributed by atoms with Crippen molar-refractivity contribution in [1.29, 1.82) is 0 Å². The van der Waals surface area contributed by atoms with E-state index in [2.05, 4.69) is 15.5 Å². The molecule has 1 unspecified atom stereocenters. The third kappa shape index (κ3) is 3.91. The van der Waals surface area contributed by atoms with E-state index in [9.17, 15) is 9.59 Å². The summed E-state index contributed by atoms with van der Waals surface area (Å²) in [7, 11) is 1.58. The second-order valence-corrected chi connectivity index (χ2v) is 5.17. The zero-order valence-electron chi connectivity index (χ0n) is 12.1. The summed E-state index contributed by atoms with van der Waals surface area (Å²) >= 11 is 0. The van der Waals surface area contributed by atoms with Crippen LogP contribution in [-0.2, 0) is 14.3 Å². The van der Waals surface area contributed by atoms with Crippen LogP contribution in [0.5, 0.6) is 0 Å². The molecule has 7 nitrogen and oxygen atoms in total. The van der Waals surface area contributed by atoms with Gasteiger partial charge in [-0.25, -0.2) is 0 Å². The van der Waals surface area contributed by atoms with Crippen molar-refractivity contribution in [2.45, 2.75) is 12.5 Å². The molecule has 20 heavy (non-hydrogen) atoms. The van der Waals surface area contributed by atoms with Gasteiger partial charge in [-0.3, -0.25) is 14.5 Å². The molecule has 2 rings (SSSR count). The van der Waals surface area contributed by atoms with Crippen molar-refractivity contribution in [2.75, 3.05) is 59.5 Å². The van der Waals surface area contributed by atoms with Crippen LogP contribution in [0.4, 0.5) is 0 Å². The first kappa shape index (κ1) is 15.2. The monoisotopic (exact) mass is 284 g/mol. The molecule has 2 amide bonds. The van der Waals surface area contributed by atoms with Crippen LogP contribution in [0.25, 0.3) is 0 Å². The van der Waals surface area contributed by atoms with Crippen molar-refractivity contribution in [3.8, 4) is 0 Å². The first-order chi connectivity index (χ1) is 9.72. The van der Waals surface area contributed by atoms with Crippen LogP contribution < -0.4 is 10.6 Å². The van der Waals surface area contributed by atoms with Crippen molar-refractivity contribution in [1.82, 2.24) is 20.4 Å². The van der Waals surface area contributed by atoms with Crippen molar-refractivity contribution < 1.29 is 14.3 Å². The molecular formula is C13H24N4O3. The summed E-state index contributed by atoms with van der Waals surface area (Å²) < 4.78 is 5.32. The van der Waals surface area contributed by atoms with Crippen LogP contribution in [0.15, 0.2) is 0 Å². The molecule has 0 saturated carbocycles. The van der Waals surface area contributed by atoms with Gasteiger partial charge in [0.05, 0.1) is 19.8 Å². The number of nitrogens with zero attached hydrogens (tertiary/aromatic N) is 2. The zero-order chi connectivity index (χ0) is 14.4. The summed E-state index contributed by atoms with van der Waals surface area (Å²) in [4.78, 5) is 28.1. The number of likely N-dealkylation sites (N-methyl/N-ethyl adjacent to an activating group) is 1. The highest BCUT2D eigenvalue weighted by Crippen LogP contribution is 2.09. The van der Waals surface area contributed by atoms with E-state index >= 15 is 0 Å². The quantitative estimate of drug-likeness (QED) is 0.643. The zero-order valence-corrected chi connectivity index (χ0v) is 12.1. The number of hydrogen-bond donors (Lipinski definition) is 2. The second kappa shape index (κ2) is 7.56. The molecule has 7 heteroatoms. The van der Waals surface area contributed by atoms with Gasteiger partial charge in [0, 0.05) is 26.7 Å². The van der Waals surface area contributed by atoms with Crippen molar-refractivity contribution in [3.05, 3.63) is 0 Å². The first-order valence-corrected chi connectivity index (χ1v) is 7.24. The fourth-order valence-corrected chi connectivity index (χ4v) is 2.63. The summed E-state index contributed by atoms with van der Waals surface area (Å²) in [6.45, 7) is 5.37. The Morgan fingerprint density at radius 2 is 2.15 bits per heavy atom. The molecule has 2 heterocycles. The third-order valence-corrected chi connectivity index (χ3v) is 3.79. The molecule has 0 aromatic rings. The van der Waals surface area contributed by atoms with Crippen LogP contribution in [-0.4, -0.2) is 87.2 Å². The molecule has 0 bridgehead atoms. The minimum absolute atomic E-state index is 0.0174. The Labute approximate surface area is 119 Å². The molecule has 1 atom stereocenters. The van der Waals surface area contributed by atoms with Crippen LogP contribution in [0.2, 0.25) is 0 Å². The maximum absolute atomic E-state index is 12.4. The molecular weight excluding hydrogens is 260 g/mol. The first-order valence-electron chi connectivity index (χ1n) is 7.24. The van der Waals surface area contributed by atoms with Gasteiger partial charge in [-0.1, -0.05) is 0 Å². The third-order valence-electron chi connectivity index (χ3n) is 3.79. The Morgan fingerprint density at radius 3 is 2.95 bits per heavy atom. The summed E-state index contributed by atoms with van der Waals surface area (Å²) in [6, 6.07) is -0.494. The van der Waals surface area contributed by atoms with Crippen molar-refractivity contribution in [2.24, 2.45) is 0 Å². The Hall–Kier alpha value is -1.18. The molecule has 2 aliphatic rings. The number of carbonyl (C=O) groups is 2. The van der Waals surface area contributed by atoms with E-state index < -0.39 is 6.04 Å². The van der Waals surface area contributed by atoms with Crippen LogP contribution in [0.3, 0.4) is 0 Å². The molecule has 0 aromatic carbocycles. The fraction of sp³-hybridized carbons (Fsp3) is 0.846. The predicted octanol–water partition coefficient (Wildman–Crippen LogP) is -1.74. The number of nitrogens with one attached hydrogen (secondary N) is 2. The average Bonchev–Trinajstić information content (AvgIpc) is 2.75. The minimum Gasteiger partial charge on any atom is -0.377 e. The molecule has 2 N–H and O–H groups in total. The highest BCUT2D eigenvalue weighted by molar-refractivity contribution is 5.88. The predicted molar refractivity (Wildman–Crippen MR) is 74.3 cm³/mol. The lowest BCUT2D eigenvalue weighted by atomic mass is 10.2. The van der Waals surface area contributed by atoms with Gasteiger partial charge >= 0.3 is 0 Å².